The van der Waals surface area contributed by atoms with E-state index in [1.165, 1.54) is 22.5 Å². The van der Waals surface area contributed by atoms with Gasteiger partial charge in [0.1, 0.15) is 0 Å². The van der Waals surface area contributed by atoms with Gasteiger partial charge in [-0.05, 0) is 50.0 Å². The van der Waals surface area contributed by atoms with Crippen LogP contribution in [-0.2, 0) is 6.42 Å². The lowest BCUT2D eigenvalue weighted by molar-refractivity contribution is 0.0945. The maximum atomic E-state index is 12.4. The highest BCUT2D eigenvalue weighted by Crippen LogP contribution is 2.20. The summed E-state index contributed by atoms with van der Waals surface area (Å²) in [5.74, 6) is 0.0332. The monoisotopic (exact) mass is 316 g/mol. The van der Waals surface area contributed by atoms with Crippen LogP contribution in [0.15, 0.2) is 35.7 Å². The number of likely N-dealkylation sites (N-methyl/N-ethyl adjacent to an activating group) is 1. The molecular weight excluding hydrogens is 292 g/mol. The van der Waals surface area contributed by atoms with Gasteiger partial charge in [0.15, 0.2) is 0 Å². The van der Waals surface area contributed by atoms with Gasteiger partial charge in [0, 0.05) is 6.54 Å². The summed E-state index contributed by atoms with van der Waals surface area (Å²) >= 11 is 1.51. The molecule has 0 saturated heterocycles. The van der Waals surface area contributed by atoms with Crippen LogP contribution in [-0.4, -0.2) is 31.4 Å². The van der Waals surface area contributed by atoms with E-state index in [1.54, 1.807) is 0 Å². The van der Waals surface area contributed by atoms with E-state index in [4.69, 9.17) is 0 Å². The van der Waals surface area contributed by atoms with E-state index in [-0.39, 0.29) is 11.9 Å². The Morgan fingerprint density at radius 2 is 1.91 bits per heavy atom. The average molecular weight is 316 g/mol. The number of hydrogen-bond donors (Lipinski definition) is 1. The Kier molecular flexibility index (Phi) is 5.75. The molecule has 4 heteroatoms. The molecule has 0 radical (unpaired) electrons. The molecule has 2 aromatic rings. The highest BCUT2D eigenvalue weighted by Gasteiger charge is 2.17. The van der Waals surface area contributed by atoms with E-state index in [0.717, 1.165) is 16.9 Å². The molecule has 1 amide bonds. The van der Waals surface area contributed by atoms with Crippen LogP contribution in [0, 0.1) is 6.92 Å². The molecule has 0 saturated carbocycles. The van der Waals surface area contributed by atoms with Gasteiger partial charge in [0.25, 0.3) is 5.91 Å². The predicted octanol–water partition coefficient (Wildman–Crippen LogP) is 3.65. The van der Waals surface area contributed by atoms with E-state index in [9.17, 15) is 4.79 Å². The molecule has 0 spiro atoms. The number of nitrogens with zero attached hydrogens (tertiary/aromatic N) is 1. The molecule has 1 aromatic carbocycles. The van der Waals surface area contributed by atoms with Gasteiger partial charge in [-0.1, -0.05) is 36.8 Å². The third-order valence-corrected chi connectivity index (χ3v) is 4.83. The maximum absolute atomic E-state index is 12.4. The van der Waals surface area contributed by atoms with Crippen molar-refractivity contribution in [1.29, 1.82) is 0 Å². The summed E-state index contributed by atoms with van der Waals surface area (Å²) < 4.78 is 0. The Labute approximate surface area is 137 Å². The van der Waals surface area contributed by atoms with E-state index in [2.05, 4.69) is 48.3 Å². The second-order valence-electron chi connectivity index (χ2n) is 5.73. The Hall–Kier alpha value is -1.65. The van der Waals surface area contributed by atoms with Crippen molar-refractivity contribution in [3.05, 3.63) is 57.3 Å². The maximum Gasteiger partial charge on any atom is 0.261 e. The Bertz CT molecular complexity index is 616. The highest BCUT2D eigenvalue weighted by molar-refractivity contribution is 7.12. The molecule has 3 nitrogen and oxygen atoms in total. The molecule has 2 rings (SSSR count). The van der Waals surface area contributed by atoms with Crippen LogP contribution in [0.4, 0.5) is 0 Å². The Morgan fingerprint density at radius 3 is 2.50 bits per heavy atom. The minimum Gasteiger partial charge on any atom is -0.349 e. The van der Waals surface area contributed by atoms with Gasteiger partial charge in [-0.25, -0.2) is 0 Å². The number of carbonyl (C=O) groups is 1. The van der Waals surface area contributed by atoms with Gasteiger partial charge < -0.3 is 10.2 Å². The number of thiophene rings is 1. The second kappa shape index (κ2) is 7.56. The molecule has 1 heterocycles. The fourth-order valence-electron chi connectivity index (χ4n) is 2.47. The number of hydrogen-bond acceptors (Lipinski definition) is 3. The van der Waals surface area contributed by atoms with Gasteiger partial charge in [-0.3, -0.25) is 4.79 Å². The SMILES string of the molecule is CCc1ccsc1C(=O)NCC(c1ccc(C)cc1)N(C)C. The molecule has 118 valence electrons. The van der Waals surface area contributed by atoms with Crippen molar-refractivity contribution >= 4 is 17.2 Å². The highest BCUT2D eigenvalue weighted by atomic mass is 32.1. The summed E-state index contributed by atoms with van der Waals surface area (Å²) in [4.78, 5) is 15.4. The molecule has 0 aliphatic heterocycles. The van der Waals surface area contributed by atoms with Gasteiger partial charge in [-0.2, -0.15) is 0 Å². The van der Waals surface area contributed by atoms with Gasteiger partial charge >= 0.3 is 0 Å². The van der Waals surface area contributed by atoms with Crippen LogP contribution in [0.3, 0.4) is 0 Å². The number of nitrogens with one attached hydrogen (secondary N) is 1. The standard InChI is InChI=1S/C18H24N2OS/c1-5-14-10-11-22-17(14)18(21)19-12-16(20(3)4)15-8-6-13(2)7-9-15/h6-11,16H,5,12H2,1-4H3,(H,19,21). The van der Waals surface area contributed by atoms with E-state index >= 15 is 0 Å². The van der Waals surface area contributed by atoms with Crippen molar-refractivity contribution in [3.63, 3.8) is 0 Å². The first kappa shape index (κ1) is 16.7. The van der Waals surface area contributed by atoms with E-state index in [0.29, 0.717) is 6.54 Å². The molecule has 1 aromatic heterocycles. The fraction of sp³-hybridized carbons (Fsp3) is 0.389. The number of amides is 1. The lowest BCUT2D eigenvalue weighted by atomic mass is 10.0. The smallest absolute Gasteiger partial charge is 0.261 e. The van der Waals surface area contributed by atoms with Gasteiger partial charge in [-0.15, -0.1) is 11.3 Å². The molecule has 1 atom stereocenters. The quantitative estimate of drug-likeness (QED) is 0.882. The van der Waals surface area contributed by atoms with Crippen molar-refractivity contribution in [3.8, 4) is 0 Å². The third kappa shape index (κ3) is 3.96. The van der Waals surface area contributed by atoms with Gasteiger partial charge in [0.05, 0.1) is 10.9 Å². The number of rotatable bonds is 6. The second-order valence-corrected chi connectivity index (χ2v) is 6.64. The topological polar surface area (TPSA) is 32.3 Å². The van der Waals surface area contributed by atoms with E-state index < -0.39 is 0 Å². The molecule has 0 aliphatic carbocycles. The molecule has 22 heavy (non-hydrogen) atoms. The number of carbonyl (C=O) groups excluding carboxylic acids is 1. The van der Waals surface area contributed by atoms with E-state index in [1.807, 2.05) is 25.5 Å². The summed E-state index contributed by atoms with van der Waals surface area (Å²) in [6.07, 6.45) is 0.890. The predicted molar refractivity (Wildman–Crippen MR) is 93.6 cm³/mol. The van der Waals surface area contributed by atoms with Crippen molar-refractivity contribution in [1.82, 2.24) is 10.2 Å². The Morgan fingerprint density at radius 1 is 1.23 bits per heavy atom. The third-order valence-electron chi connectivity index (χ3n) is 3.88. The van der Waals surface area contributed by atoms with Crippen LogP contribution >= 0.6 is 11.3 Å². The summed E-state index contributed by atoms with van der Waals surface area (Å²) in [6, 6.07) is 10.7. The molecule has 1 N–H and O–H groups in total. The van der Waals surface area contributed by atoms with Crippen LogP contribution in [0.1, 0.15) is 39.3 Å². The average Bonchev–Trinajstić information content (AvgIpc) is 2.97. The van der Waals surface area contributed by atoms with Crippen LogP contribution < -0.4 is 5.32 Å². The summed E-state index contributed by atoms with van der Waals surface area (Å²) in [5.41, 5.74) is 3.59. The lowest BCUT2D eigenvalue weighted by Gasteiger charge is -2.25. The fourth-order valence-corrected chi connectivity index (χ4v) is 3.38. The largest absolute Gasteiger partial charge is 0.349 e. The van der Waals surface area contributed by atoms with Crippen LogP contribution in [0.5, 0.6) is 0 Å². The van der Waals surface area contributed by atoms with Crippen molar-refractivity contribution in [2.45, 2.75) is 26.3 Å². The summed E-state index contributed by atoms with van der Waals surface area (Å²) in [6.45, 7) is 4.77. The zero-order valence-corrected chi connectivity index (χ0v) is 14.5. The number of aryl methyl sites for hydroxylation is 2. The summed E-state index contributed by atoms with van der Waals surface area (Å²) in [7, 11) is 4.08. The molecule has 0 fully saturated rings. The minimum atomic E-state index is 0.0332. The van der Waals surface area contributed by atoms with Crippen LogP contribution in [0.2, 0.25) is 0 Å². The first-order valence-electron chi connectivity index (χ1n) is 7.60. The Balaban J connectivity index is 2.06. The molecular formula is C18H24N2OS. The summed E-state index contributed by atoms with van der Waals surface area (Å²) in [5, 5.41) is 5.07. The van der Waals surface area contributed by atoms with Crippen molar-refractivity contribution in [2.24, 2.45) is 0 Å². The first-order valence-corrected chi connectivity index (χ1v) is 8.48. The van der Waals surface area contributed by atoms with Gasteiger partial charge in [0.2, 0.25) is 0 Å². The molecule has 0 bridgehead atoms. The zero-order valence-electron chi connectivity index (χ0n) is 13.7. The zero-order chi connectivity index (χ0) is 16.1. The minimum absolute atomic E-state index is 0.0332. The normalized spacial score (nSPS) is 12.4. The van der Waals surface area contributed by atoms with Crippen LogP contribution in [0.25, 0.3) is 0 Å². The molecule has 0 aliphatic rings. The lowest BCUT2D eigenvalue weighted by Crippen LogP contribution is -2.34. The number of benzene rings is 1. The molecule has 1 unspecified atom stereocenters. The van der Waals surface area contributed by atoms with Crippen molar-refractivity contribution < 1.29 is 4.79 Å². The van der Waals surface area contributed by atoms with Crippen molar-refractivity contribution in [2.75, 3.05) is 20.6 Å². The first-order chi connectivity index (χ1) is 10.5.